The van der Waals surface area contributed by atoms with Crippen molar-refractivity contribution in [1.82, 2.24) is 0 Å². The smallest absolute Gasteiger partial charge is 0.330 e. The fourth-order valence-electron chi connectivity index (χ4n) is 3.18. The number of alkyl halides is 1. The average Bonchev–Trinajstić information content (AvgIpc) is 2.41. The summed E-state index contributed by atoms with van der Waals surface area (Å²) in [6.07, 6.45) is 2.70. The van der Waals surface area contributed by atoms with Gasteiger partial charge in [0.1, 0.15) is 0 Å². The van der Waals surface area contributed by atoms with Crippen molar-refractivity contribution >= 4 is 38.1 Å². The van der Waals surface area contributed by atoms with Gasteiger partial charge in [-0.3, -0.25) is 4.79 Å². The second kappa shape index (κ2) is 6.18. The van der Waals surface area contributed by atoms with Crippen LogP contribution in [0, 0.1) is 5.92 Å². The fourth-order valence-corrected chi connectivity index (χ4v) is 6.00. The van der Waals surface area contributed by atoms with Crippen LogP contribution in [0.2, 0.25) is 0 Å². The molecule has 1 aliphatic rings. The number of halogens is 1. The predicted molar refractivity (Wildman–Crippen MR) is 85.3 cm³/mol. The Balaban J connectivity index is 2.71. The van der Waals surface area contributed by atoms with Gasteiger partial charge in [0, 0.05) is 11.3 Å². The Kier molecular flexibility index (Phi) is 4.90. The molecule has 1 N–H and O–H groups in total. The maximum Gasteiger partial charge on any atom is 0.330 e. The predicted octanol–water partition coefficient (Wildman–Crippen LogP) is 3.02. The maximum atomic E-state index is 12.4. The summed E-state index contributed by atoms with van der Waals surface area (Å²) in [4.78, 5) is 12.0. The third-order valence-electron chi connectivity index (χ3n) is 4.13. The lowest BCUT2D eigenvalue weighted by Gasteiger charge is -2.40. The summed E-state index contributed by atoms with van der Waals surface area (Å²) in [5, 5.41) is 9.29. The van der Waals surface area contributed by atoms with Gasteiger partial charge in [-0.05, 0) is 30.1 Å². The molecule has 1 aromatic carbocycles. The normalized spacial score (nSPS) is 26.0. The molecule has 4 nitrogen and oxygen atoms in total. The lowest BCUT2D eigenvalue weighted by atomic mass is 9.75. The number of aliphatic carboxylic acids is 1. The number of benzene rings is 1. The molecule has 0 aromatic heterocycles. The zero-order valence-corrected chi connectivity index (χ0v) is 13.7. The summed E-state index contributed by atoms with van der Waals surface area (Å²) < 4.78 is 22.6. The SMILES string of the molecule is O=C(O)C(c1ccccc1)(C1CCCCC1Cl)S(=O)(=O)S. The van der Waals surface area contributed by atoms with Crippen LogP contribution in [0.15, 0.2) is 30.3 Å². The average molecular weight is 349 g/mol. The summed E-state index contributed by atoms with van der Waals surface area (Å²) >= 11 is 9.97. The van der Waals surface area contributed by atoms with E-state index in [0.29, 0.717) is 12.8 Å². The second-order valence-corrected chi connectivity index (χ2v) is 8.89. The Labute approximate surface area is 134 Å². The third-order valence-corrected chi connectivity index (χ3v) is 7.04. The van der Waals surface area contributed by atoms with Crippen molar-refractivity contribution in [2.45, 2.75) is 35.8 Å². The molecule has 7 heteroatoms. The van der Waals surface area contributed by atoms with E-state index < -0.39 is 30.9 Å². The molecule has 1 saturated carbocycles. The van der Waals surface area contributed by atoms with Crippen LogP contribution in [0.1, 0.15) is 31.2 Å². The summed E-state index contributed by atoms with van der Waals surface area (Å²) in [6, 6.07) is 7.98. The molecule has 0 bridgehead atoms. The number of rotatable bonds is 4. The maximum absolute atomic E-state index is 12.4. The topological polar surface area (TPSA) is 71.4 Å². The molecule has 0 radical (unpaired) electrons. The van der Waals surface area contributed by atoms with E-state index in [1.54, 1.807) is 18.2 Å². The first-order chi connectivity index (χ1) is 9.81. The highest BCUT2D eigenvalue weighted by Crippen LogP contribution is 2.48. The third kappa shape index (κ3) is 2.81. The van der Waals surface area contributed by atoms with Crippen LogP contribution in [0.3, 0.4) is 0 Å². The van der Waals surface area contributed by atoms with Crippen molar-refractivity contribution < 1.29 is 18.3 Å². The second-order valence-electron chi connectivity index (χ2n) is 5.29. The summed E-state index contributed by atoms with van der Waals surface area (Å²) in [6.45, 7) is 0. The van der Waals surface area contributed by atoms with Gasteiger partial charge in [-0.2, -0.15) is 0 Å². The van der Waals surface area contributed by atoms with Crippen LogP contribution in [0.25, 0.3) is 0 Å². The minimum atomic E-state index is -4.20. The van der Waals surface area contributed by atoms with Gasteiger partial charge in [-0.15, -0.1) is 11.6 Å². The van der Waals surface area contributed by atoms with Crippen LogP contribution in [-0.2, 0) is 18.4 Å². The largest absolute Gasteiger partial charge is 0.480 e. The van der Waals surface area contributed by atoms with Crippen molar-refractivity contribution in [3.63, 3.8) is 0 Å². The lowest BCUT2D eigenvalue weighted by Crippen LogP contribution is -2.51. The van der Waals surface area contributed by atoms with Crippen LogP contribution in [0.5, 0.6) is 0 Å². The molecular weight excluding hydrogens is 332 g/mol. The van der Waals surface area contributed by atoms with Gasteiger partial charge in [0.05, 0.1) is 0 Å². The molecule has 3 atom stereocenters. The van der Waals surface area contributed by atoms with Gasteiger partial charge in [0.15, 0.2) is 0 Å². The number of carboxylic acids is 1. The van der Waals surface area contributed by atoms with E-state index in [-0.39, 0.29) is 5.56 Å². The highest BCUT2D eigenvalue weighted by Gasteiger charge is 2.58. The molecule has 1 aliphatic carbocycles. The van der Waals surface area contributed by atoms with Crippen molar-refractivity contribution in [1.29, 1.82) is 0 Å². The first kappa shape index (κ1) is 16.6. The molecule has 0 amide bonds. The Morgan fingerprint density at radius 2 is 1.81 bits per heavy atom. The molecule has 3 unspecified atom stereocenters. The van der Waals surface area contributed by atoms with Gasteiger partial charge in [-0.25, -0.2) is 8.42 Å². The van der Waals surface area contributed by atoms with Crippen molar-refractivity contribution in [3.8, 4) is 0 Å². The molecule has 21 heavy (non-hydrogen) atoms. The minimum absolute atomic E-state index is 0.213. The first-order valence-corrected chi connectivity index (χ1v) is 9.69. The van der Waals surface area contributed by atoms with Crippen molar-refractivity contribution in [2.75, 3.05) is 0 Å². The highest BCUT2D eigenvalue weighted by atomic mass is 35.5. The summed E-state index contributed by atoms with van der Waals surface area (Å²) in [7, 11) is -4.20. The number of hydrogen-bond acceptors (Lipinski definition) is 3. The number of hydrogen-bond donors (Lipinski definition) is 2. The van der Waals surface area contributed by atoms with E-state index in [0.717, 1.165) is 12.8 Å². The monoisotopic (exact) mass is 348 g/mol. The standard InChI is InChI=1S/C14H17ClO4S2/c15-12-9-5-4-8-11(12)14(13(16)17,21(18,19)20)10-6-2-1-3-7-10/h1-3,6-7,11-12H,4-5,8-9H2,(H,16,17)(H,18,19,20). The van der Waals surface area contributed by atoms with Crippen molar-refractivity contribution in [2.24, 2.45) is 5.92 Å². The summed E-state index contributed by atoms with van der Waals surface area (Å²) in [5.74, 6) is -2.11. The van der Waals surface area contributed by atoms with Crippen LogP contribution < -0.4 is 0 Å². The van der Waals surface area contributed by atoms with E-state index in [4.69, 9.17) is 11.6 Å². The molecule has 0 heterocycles. The zero-order valence-electron chi connectivity index (χ0n) is 11.3. The number of thiol groups is 1. The van der Waals surface area contributed by atoms with Gasteiger partial charge < -0.3 is 5.11 Å². The molecular formula is C14H17ClO4S2. The Morgan fingerprint density at radius 3 is 2.29 bits per heavy atom. The molecule has 1 fully saturated rings. The molecule has 0 aliphatic heterocycles. The van der Waals surface area contributed by atoms with E-state index in [1.165, 1.54) is 12.1 Å². The zero-order chi connectivity index (χ0) is 15.7. The van der Waals surface area contributed by atoms with E-state index in [9.17, 15) is 18.3 Å². The fraction of sp³-hybridized carbons (Fsp3) is 0.500. The van der Waals surface area contributed by atoms with E-state index in [1.807, 2.05) is 0 Å². The van der Waals surface area contributed by atoms with E-state index >= 15 is 0 Å². The molecule has 2 rings (SSSR count). The van der Waals surface area contributed by atoms with Gasteiger partial charge in [-0.1, -0.05) is 43.2 Å². The molecule has 0 spiro atoms. The van der Waals surface area contributed by atoms with E-state index in [2.05, 4.69) is 11.7 Å². The number of carboxylic acid groups (broad SMARTS) is 1. The molecule has 0 saturated heterocycles. The van der Waals surface area contributed by atoms with Gasteiger partial charge >= 0.3 is 5.97 Å². The van der Waals surface area contributed by atoms with Crippen molar-refractivity contribution in [3.05, 3.63) is 35.9 Å². The highest BCUT2D eigenvalue weighted by molar-refractivity contribution is 8.64. The Hall–Kier alpha value is -0.720. The van der Waals surface area contributed by atoms with Crippen LogP contribution in [0.4, 0.5) is 0 Å². The Morgan fingerprint density at radius 1 is 1.24 bits per heavy atom. The van der Waals surface area contributed by atoms with Crippen LogP contribution >= 0.6 is 23.3 Å². The first-order valence-electron chi connectivity index (χ1n) is 6.72. The van der Waals surface area contributed by atoms with Crippen LogP contribution in [-0.4, -0.2) is 24.9 Å². The molecule has 1 aromatic rings. The number of carbonyl (C=O) groups is 1. The Bertz CT molecular complexity index is 617. The van der Waals surface area contributed by atoms with Gasteiger partial charge in [0.2, 0.25) is 13.6 Å². The van der Waals surface area contributed by atoms with Gasteiger partial charge in [0.25, 0.3) is 0 Å². The molecule has 116 valence electrons. The quantitative estimate of drug-likeness (QED) is 0.498. The minimum Gasteiger partial charge on any atom is -0.480 e. The lowest BCUT2D eigenvalue weighted by molar-refractivity contribution is -0.142. The summed E-state index contributed by atoms with van der Waals surface area (Å²) in [5.41, 5.74) is 0.213.